The van der Waals surface area contributed by atoms with Crippen molar-refractivity contribution in [2.75, 3.05) is 0 Å². The normalized spacial score (nSPS) is 12.2. The van der Waals surface area contributed by atoms with Crippen LogP contribution in [0.3, 0.4) is 0 Å². The van der Waals surface area contributed by atoms with Gasteiger partial charge < -0.3 is 0 Å². The van der Waals surface area contributed by atoms with Crippen LogP contribution in [0, 0.1) is 13.8 Å². The van der Waals surface area contributed by atoms with Crippen molar-refractivity contribution >= 4 is 0 Å². The van der Waals surface area contributed by atoms with Gasteiger partial charge in [0.05, 0.1) is 0 Å². The van der Waals surface area contributed by atoms with E-state index in [1.165, 1.54) is 65.5 Å². The van der Waals surface area contributed by atoms with Crippen molar-refractivity contribution in [2.24, 2.45) is 0 Å². The quantitative estimate of drug-likeness (QED) is 0.295. The van der Waals surface area contributed by atoms with Crippen LogP contribution in [0.4, 0.5) is 0 Å². The smallest absolute Gasteiger partial charge is 0.00697 e. The third-order valence-electron chi connectivity index (χ3n) is 6.77. The van der Waals surface area contributed by atoms with E-state index in [4.69, 9.17) is 0 Å². The molecule has 1 fully saturated rings. The molecule has 3 aromatic rings. The van der Waals surface area contributed by atoms with Gasteiger partial charge in [0.15, 0.2) is 0 Å². The summed E-state index contributed by atoms with van der Waals surface area (Å²) in [5.74, 6) is 0.862. The first-order chi connectivity index (χ1) is 17.5. The number of benzene rings is 3. The molecule has 0 heterocycles. The monoisotopic (exact) mass is 480 g/mol. The molecule has 1 aliphatic rings. The number of hydrogen-bond donors (Lipinski definition) is 0. The van der Waals surface area contributed by atoms with Gasteiger partial charge in [0.2, 0.25) is 0 Å². The van der Waals surface area contributed by atoms with E-state index in [0.29, 0.717) is 0 Å². The molecule has 0 unspecified atom stereocenters. The van der Waals surface area contributed by atoms with E-state index in [9.17, 15) is 0 Å². The molecule has 0 aliphatic heterocycles. The van der Waals surface area contributed by atoms with E-state index in [1.54, 1.807) is 5.56 Å². The van der Waals surface area contributed by atoms with E-state index in [1.807, 2.05) is 0 Å². The number of rotatable bonds is 7. The Morgan fingerprint density at radius 2 is 1.39 bits per heavy atom. The molecule has 0 aromatic heterocycles. The summed E-state index contributed by atoms with van der Waals surface area (Å²) < 4.78 is 0. The summed E-state index contributed by atoms with van der Waals surface area (Å²) in [6, 6.07) is 26.4. The van der Waals surface area contributed by atoms with Crippen LogP contribution >= 0.6 is 0 Å². The van der Waals surface area contributed by atoms with Gasteiger partial charge in [-0.15, -0.1) is 26.3 Å². The lowest BCUT2D eigenvalue weighted by molar-refractivity contribution is 0.721. The molecule has 0 radical (unpaired) electrons. The zero-order valence-corrected chi connectivity index (χ0v) is 23.2. The van der Waals surface area contributed by atoms with Gasteiger partial charge >= 0.3 is 0 Å². The highest BCUT2D eigenvalue weighted by Crippen LogP contribution is 2.34. The molecule has 0 bridgehead atoms. The number of aryl methyl sites for hydroxylation is 4. The Labute approximate surface area is 222 Å². The van der Waals surface area contributed by atoms with E-state index < -0.39 is 0 Å². The molecule has 0 saturated heterocycles. The maximum Gasteiger partial charge on any atom is -0.00697 e. The van der Waals surface area contributed by atoms with Gasteiger partial charge in [0.1, 0.15) is 0 Å². The average molecular weight is 481 g/mol. The molecular formula is C36H48. The Balaban J connectivity index is 0.000000323. The second-order valence-corrected chi connectivity index (χ2v) is 9.42. The first-order valence-electron chi connectivity index (χ1n) is 13.4. The lowest BCUT2D eigenvalue weighted by Gasteiger charge is -2.12. The molecule has 0 heteroatoms. The first-order valence-corrected chi connectivity index (χ1v) is 13.4. The molecule has 0 amide bonds. The maximum atomic E-state index is 4.19. The van der Waals surface area contributed by atoms with Crippen LogP contribution < -0.4 is 0 Å². The highest BCUT2D eigenvalue weighted by atomic mass is 14.2. The zero-order valence-electron chi connectivity index (χ0n) is 23.2. The van der Waals surface area contributed by atoms with Gasteiger partial charge in [-0.3, -0.25) is 0 Å². The second-order valence-electron chi connectivity index (χ2n) is 9.42. The molecule has 0 atom stereocenters. The van der Waals surface area contributed by atoms with E-state index in [0.717, 1.165) is 25.2 Å². The topological polar surface area (TPSA) is 0 Å². The third-order valence-corrected chi connectivity index (χ3v) is 6.77. The van der Waals surface area contributed by atoms with Crippen LogP contribution in [0.15, 0.2) is 111 Å². The van der Waals surface area contributed by atoms with Crippen molar-refractivity contribution in [1.82, 2.24) is 0 Å². The summed E-state index contributed by atoms with van der Waals surface area (Å²) in [6.07, 6.45) is 10.0. The van der Waals surface area contributed by atoms with Crippen molar-refractivity contribution in [3.05, 3.63) is 145 Å². The van der Waals surface area contributed by atoms with Crippen LogP contribution in [0.25, 0.3) is 0 Å². The number of hydrogen-bond acceptors (Lipinski definition) is 0. The van der Waals surface area contributed by atoms with Crippen LogP contribution in [-0.2, 0) is 19.3 Å². The predicted molar refractivity (Wildman–Crippen MR) is 163 cm³/mol. The molecule has 192 valence electrons. The van der Waals surface area contributed by atoms with Gasteiger partial charge in [-0.25, -0.2) is 0 Å². The summed E-state index contributed by atoms with van der Waals surface area (Å²) in [5, 5.41) is 0. The van der Waals surface area contributed by atoms with Crippen molar-refractivity contribution in [1.29, 1.82) is 0 Å². The van der Waals surface area contributed by atoms with Crippen molar-refractivity contribution < 1.29 is 0 Å². The van der Waals surface area contributed by atoms with Gasteiger partial charge in [0, 0.05) is 0 Å². The van der Waals surface area contributed by atoms with Crippen molar-refractivity contribution in [2.45, 2.75) is 78.1 Å². The van der Waals surface area contributed by atoms with Crippen LogP contribution in [-0.4, -0.2) is 0 Å². The Bertz CT molecular complexity index is 986. The fraction of sp³-hybridized carbons (Fsp3) is 0.333. The molecule has 3 aromatic carbocycles. The minimum absolute atomic E-state index is 0.862. The van der Waals surface area contributed by atoms with E-state index >= 15 is 0 Å². The molecular weight excluding hydrogens is 432 g/mol. The molecule has 0 N–H and O–H groups in total. The second kappa shape index (κ2) is 18.2. The Morgan fingerprint density at radius 1 is 0.778 bits per heavy atom. The summed E-state index contributed by atoms with van der Waals surface area (Å²) in [7, 11) is 0. The third kappa shape index (κ3) is 11.1. The van der Waals surface area contributed by atoms with Gasteiger partial charge in [-0.2, -0.15) is 0 Å². The lowest BCUT2D eigenvalue weighted by atomic mass is 9.93. The summed E-state index contributed by atoms with van der Waals surface area (Å²) in [4.78, 5) is 0. The van der Waals surface area contributed by atoms with E-state index in [-0.39, 0.29) is 0 Å². The minimum atomic E-state index is 0.862. The Hall–Kier alpha value is -3.12. The van der Waals surface area contributed by atoms with Crippen LogP contribution in [0.2, 0.25) is 0 Å². The largest absolute Gasteiger partial charge is 0.106 e. The minimum Gasteiger partial charge on any atom is -0.106 e. The fourth-order valence-electron chi connectivity index (χ4n) is 4.63. The Kier molecular flexibility index (Phi) is 15.6. The molecule has 1 saturated carbocycles. The summed E-state index contributed by atoms with van der Waals surface area (Å²) in [6.45, 7) is 22.8. The molecule has 0 nitrogen and oxygen atoms in total. The number of allylic oxidation sites excluding steroid dienone is 1. The molecule has 0 spiro atoms. The molecule has 4 rings (SSSR count). The first kappa shape index (κ1) is 30.9. The van der Waals surface area contributed by atoms with Gasteiger partial charge in [0.25, 0.3) is 0 Å². The molecule has 36 heavy (non-hydrogen) atoms. The average Bonchev–Trinajstić information content (AvgIpc) is 3.48. The van der Waals surface area contributed by atoms with E-state index in [2.05, 4.69) is 126 Å². The van der Waals surface area contributed by atoms with Crippen molar-refractivity contribution in [3.63, 3.8) is 0 Å². The van der Waals surface area contributed by atoms with Crippen LogP contribution in [0.5, 0.6) is 0 Å². The fourth-order valence-corrected chi connectivity index (χ4v) is 4.63. The summed E-state index contributed by atoms with van der Waals surface area (Å²) in [5.41, 5.74) is 9.95. The van der Waals surface area contributed by atoms with Gasteiger partial charge in [-0.1, -0.05) is 110 Å². The zero-order chi connectivity index (χ0) is 26.8. The Morgan fingerprint density at radius 3 is 1.97 bits per heavy atom. The highest BCUT2D eigenvalue weighted by Gasteiger charge is 2.17. The molecule has 1 aliphatic carbocycles. The van der Waals surface area contributed by atoms with Gasteiger partial charge in [-0.05, 0) is 86.1 Å². The lowest BCUT2D eigenvalue weighted by Crippen LogP contribution is -1.95. The van der Waals surface area contributed by atoms with Crippen LogP contribution in [0.1, 0.15) is 78.3 Å². The highest BCUT2D eigenvalue weighted by molar-refractivity contribution is 5.33. The maximum absolute atomic E-state index is 4.19. The van der Waals surface area contributed by atoms with Crippen molar-refractivity contribution in [3.8, 4) is 0 Å². The summed E-state index contributed by atoms with van der Waals surface area (Å²) >= 11 is 0. The predicted octanol–water partition coefficient (Wildman–Crippen LogP) is 10.5. The SMILES string of the molecule is C=C.C=C.C=C(CCc1ccccc1)Cc1ccc(C)cc1.CCc1cc(C2CCCC2)ccc1C. The standard InChI is InChI=1S/C18H20.C14H20.2C2H4/c1-15-8-12-18(13-9-15)14-16(2)10-11-17-6-4-3-5-7-17;1-3-12-10-14(9-8-11(12)2)13-6-4-5-7-13;2*1-2/h3-9,12-13H,2,10-11,14H2,1H3;8-10,13H,3-7H2,1-2H3;2*1-2H2.